The summed E-state index contributed by atoms with van der Waals surface area (Å²) in [6.07, 6.45) is 1.26. The number of piperazine rings is 1. The zero-order chi connectivity index (χ0) is 16.2. The van der Waals surface area contributed by atoms with Gasteiger partial charge in [0.25, 0.3) is 0 Å². The Hall–Kier alpha value is -1.44. The predicted octanol–water partition coefficient (Wildman–Crippen LogP) is -0.231. The van der Waals surface area contributed by atoms with Crippen molar-refractivity contribution in [2.75, 3.05) is 45.6 Å². The fraction of sp³-hybridized carbons (Fsp3) is 0.533. The minimum Gasteiger partial charge on any atom is -0.395 e. The van der Waals surface area contributed by atoms with Crippen molar-refractivity contribution in [3.63, 3.8) is 0 Å². The molecule has 0 aliphatic carbocycles. The van der Waals surface area contributed by atoms with Crippen molar-refractivity contribution in [2.24, 2.45) is 0 Å². The minimum absolute atomic E-state index is 0.0558. The number of hydrogen-bond donors (Lipinski definition) is 1. The molecule has 1 aromatic rings. The fourth-order valence-electron chi connectivity index (χ4n) is 2.65. The molecule has 1 saturated heterocycles. The van der Waals surface area contributed by atoms with Gasteiger partial charge in [-0.3, -0.25) is 9.69 Å². The number of rotatable bonds is 5. The Morgan fingerprint density at radius 1 is 1.18 bits per heavy atom. The van der Waals surface area contributed by atoms with E-state index in [1.165, 1.54) is 6.07 Å². The summed E-state index contributed by atoms with van der Waals surface area (Å²) in [5.41, 5.74) is 0.549. The predicted molar refractivity (Wildman–Crippen MR) is 83.4 cm³/mol. The van der Waals surface area contributed by atoms with E-state index in [4.69, 9.17) is 5.11 Å². The topological polar surface area (TPSA) is 77.9 Å². The van der Waals surface area contributed by atoms with E-state index < -0.39 is 9.84 Å². The van der Waals surface area contributed by atoms with Gasteiger partial charge in [-0.2, -0.15) is 0 Å². The minimum atomic E-state index is -3.33. The van der Waals surface area contributed by atoms with E-state index >= 15 is 0 Å². The van der Waals surface area contributed by atoms with Gasteiger partial charge in [0.15, 0.2) is 9.84 Å². The van der Waals surface area contributed by atoms with Crippen LogP contribution in [0.4, 0.5) is 0 Å². The van der Waals surface area contributed by atoms with Crippen LogP contribution >= 0.6 is 0 Å². The number of nitrogens with zero attached hydrogens (tertiary/aromatic N) is 2. The summed E-state index contributed by atoms with van der Waals surface area (Å²) < 4.78 is 23.5. The third-order valence-electron chi connectivity index (χ3n) is 3.85. The highest BCUT2D eigenvalue weighted by molar-refractivity contribution is 7.90. The number of aliphatic hydroxyl groups excluding tert-OH is 1. The quantitative estimate of drug-likeness (QED) is 0.809. The Morgan fingerprint density at radius 3 is 2.41 bits per heavy atom. The number of hydrogen-bond acceptors (Lipinski definition) is 5. The van der Waals surface area contributed by atoms with Crippen LogP contribution in [0.1, 0.15) is 5.56 Å². The summed E-state index contributed by atoms with van der Waals surface area (Å²) in [6.45, 7) is 3.44. The summed E-state index contributed by atoms with van der Waals surface area (Å²) in [5.74, 6) is -0.0558. The van der Waals surface area contributed by atoms with Gasteiger partial charge in [0, 0.05) is 39.0 Å². The van der Waals surface area contributed by atoms with Crippen LogP contribution < -0.4 is 0 Å². The Kier molecular flexibility index (Phi) is 5.55. The molecule has 6 nitrogen and oxygen atoms in total. The highest BCUT2D eigenvalue weighted by Gasteiger charge is 2.22. The molecule has 1 heterocycles. The third-order valence-corrected chi connectivity index (χ3v) is 5.05. The number of carbonyl (C=O) groups is 1. The van der Waals surface area contributed by atoms with Gasteiger partial charge in [0.2, 0.25) is 5.91 Å². The number of carbonyl (C=O) groups excluding carboxylic acids is 1. The van der Waals surface area contributed by atoms with Gasteiger partial charge < -0.3 is 10.0 Å². The molecule has 1 N–H and O–H groups in total. The molecule has 0 atom stereocenters. The standard InChI is InChI=1S/C15H22N2O4S/c1-22(20,21)14-5-3-2-4-13(14)12-15(19)17-8-6-16(7-9-17)10-11-18/h2-5,18H,6-12H2,1H3. The van der Waals surface area contributed by atoms with Gasteiger partial charge in [0.05, 0.1) is 17.9 Å². The van der Waals surface area contributed by atoms with E-state index in [1.807, 2.05) is 0 Å². The summed E-state index contributed by atoms with van der Waals surface area (Å²) in [6, 6.07) is 6.64. The van der Waals surface area contributed by atoms with Crippen molar-refractivity contribution in [3.05, 3.63) is 29.8 Å². The molecule has 0 bridgehead atoms. The zero-order valence-corrected chi connectivity index (χ0v) is 13.6. The molecule has 2 rings (SSSR count). The van der Waals surface area contributed by atoms with Crippen LogP contribution in [-0.4, -0.2) is 74.8 Å². The van der Waals surface area contributed by atoms with Crippen LogP contribution in [0.15, 0.2) is 29.2 Å². The van der Waals surface area contributed by atoms with E-state index in [1.54, 1.807) is 23.1 Å². The smallest absolute Gasteiger partial charge is 0.227 e. The van der Waals surface area contributed by atoms with Gasteiger partial charge in [-0.15, -0.1) is 0 Å². The first-order valence-corrected chi connectivity index (χ1v) is 9.20. The molecule has 1 aliphatic rings. The average molecular weight is 326 g/mol. The summed E-state index contributed by atoms with van der Waals surface area (Å²) >= 11 is 0. The maximum absolute atomic E-state index is 12.4. The molecule has 0 radical (unpaired) electrons. The molecule has 22 heavy (non-hydrogen) atoms. The lowest BCUT2D eigenvalue weighted by molar-refractivity contribution is -0.132. The number of aliphatic hydroxyl groups is 1. The average Bonchev–Trinajstić information content (AvgIpc) is 2.48. The van der Waals surface area contributed by atoms with Crippen LogP contribution in [0.3, 0.4) is 0 Å². The highest BCUT2D eigenvalue weighted by atomic mass is 32.2. The van der Waals surface area contributed by atoms with E-state index in [0.717, 1.165) is 19.3 Å². The maximum atomic E-state index is 12.4. The summed E-state index contributed by atoms with van der Waals surface area (Å²) in [7, 11) is -3.33. The summed E-state index contributed by atoms with van der Waals surface area (Å²) in [4.78, 5) is 16.5. The van der Waals surface area contributed by atoms with Gasteiger partial charge in [0.1, 0.15) is 0 Å². The number of sulfone groups is 1. The molecule has 1 aromatic carbocycles. The van der Waals surface area contributed by atoms with Crippen LogP contribution in [-0.2, 0) is 21.1 Å². The molecule has 0 saturated carbocycles. The van der Waals surface area contributed by atoms with Gasteiger partial charge in [-0.05, 0) is 11.6 Å². The number of β-amino-alcohol motifs (C(OH)–C–C–N with tert-alkyl or cyclic N) is 1. The number of benzene rings is 1. The largest absolute Gasteiger partial charge is 0.395 e. The van der Waals surface area contributed by atoms with E-state index in [-0.39, 0.29) is 23.8 Å². The Bertz CT molecular complexity index is 622. The highest BCUT2D eigenvalue weighted by Crippen LogP contribution is 2.17. The Labute approximate surface area is 131 Å². The molecule has 122 valence electrons. The first-order valence-electron chi connectivity index (χ1n) is 7.31. The third kappa shape index (κ3) is 4.28. The molecule has 1 amide bonds. The van der Waals surface area contributed by atoms with Crippen molar-refractivity contribution in [1.29, 1.82) is 0 Å². The second kappa shape index (κ2) is 7.21. The van der Waals surface area contributed by atoms with Crippen LogP contribution in [0.25, 0.3) is 0 Å². The van der Waals surface area contributed by atoms with E-state index in [2.05, 4.69) is 4.90 Å². The second-order valence-corrected chi connectivity index (χ2v) is 7.49. The first-order chi connectivity index (χ1) is 10.4. The van der Waals surface area contributed by atoms with Crippen LogP contribution in [0.5, 0.6) is 0 Å². The molecule has 0 spiro atoms. The van der Waals surface area contributed by atoms with E-state index in [0.29, 0.717) is 25.2 Å². The molecule has 0 aromatic heterocycles. The van der Waals surface area contributed by atoms with Crippen LogP contribution in [0, 0.1) is 0 Å². The molecule has 1 fully saturated rings. The molecular formula is C15H22N2O4S. The van der Waals surface area contributed by atoms with Gasteiger partial charge in [-0.25, -0.2) is 8.42 Å². The second-order valence-electron chi connectivity index (χ2n) is 5.50. The van der Waals surface area contributed by atoms with Crippen molar-refractivity contribution in [1.82, 2.24) is 9.80 Å². The van der Waals surface area contributed by atoms with Gasteiger partial charge in [-0.1, -0.05) is 18.2 Å². The first kappa shape index (κ1) is 16.9. The van der Waals surface area contributed by atoms with Crippen molar-refractivity contribution in [3.8, 4) is 0 Å². The fourth-order valence-corrected chi connectivity index (χ4v) is 3.59. The number of amides is 1. The van der Waals surface area contributed by atoms with E-state index in [9.17, 15) is 13.2 Å². The SMILES string of the molecule is CS(=O)(=O)c1ccccc1CC(=O)N1CCN(CCO)CC1. The molecule has 0 unspecified atom stereocenters. The van der Waals surface area contributed by atoms with Gasteiger partial charge >= 0.3 is 0 Å². The lowest BCUT2D eigenvalue weighted by atomic mass is 10.1. The Balaban J connectivity index is 2.02. The molecule has 7 heteroatoms. The summed E-state index contributed by atoms with van der Waals surface area (Å²) in [5, 5.41) is 8.92. The zero-order valence-electron chi connectivity index (χ0n) is 12.7. The maximum Gasteiger partial charge on any atom is 0.227 e. The van der Waals surface area contributed by atoms with Crippen molar-refractivity contribution in [2.45, 2.75) is 11.3 Å². The van der Waals surface area contributed by atoms with Crippen molar-refractivity contribution >= 4 is 15.7 Å². The normalized spacial score (nSPS) is 16.7. The van der Waals surface area contributed by atoms with Crippen LogP contribution in [0.2, 0.25) is 0 Å². The molecule has 1 aliphatic heterocycles. The lowest BCUT2D eigenvalue weighted by Gasteiger charge is -2.34. The lowest BCUT2D eigenvalue weighted by Crippen LogP contribution is -2.49. The Morgan fingerprint density at radius 2 is 1.82 bits per heavy atom. The van der Waals surface area contributed by atoms with Crippen molar-refractivity contribution < 1.29 is 18.3 Å². The monoisotopic (exact) mass is 326 g/mol. The molecular weight excluding hydrogens is 304 g/mol.